The van der Waals surface area contributed by atoms with Gasteiger partial charge in [0.2, 0.25) is 0 Å². The molecule has 1 aliphatic heterocycles. The SMILES string of the molecule is C[C@H]1OC(=O)[C@@H]2C[C@@H]3CCCC[C@H]3[C@H](/C=C/c3cccc(-c4ccccc4)n3)[C@H]12. The minimum atomic E-state index is 0.0219. The van der Waals surface area contributed by atoms with E-state index in [-0.39, 0.29) is 18.0 Å². The fraction of sp³-hybridized carbons (Fsp3) is 0.462. The summed E-state index contributed by atoms with van der Waals surface area (Å²) in [6.45, 7) is 2.08. The van der Waals surface area contributed by atoms with Crippen LogP contribution in [0, 0.1) is 29.6 Å². The number of ether oxygens (including phenoxy) is 1. The summed E-state index contributed by atoms with van der Waals surface area (Å²) in [5.41, 5.74) is 3.12. The highest BCUT2D eigenvalue weighted by molar-refractivity contribution is 5.75. The lowest BCUT2D eigenvalue weighted by atomic mass is 9.57. The Hall–Kier alpha value is -2.42. The molecule has 6 atom stereocenters. The van der Waals surface area contributed by atoms with Gasteiger partial charge >= 0.3 is 5.97 Å². The molecule has 0 N–H and O–H groups in total. The van der Waals surface area contributed by atoms with Gasteiger partial charge in [0.1, 0.15) is 6.10 Å². The van der Waals surface area contributed by atoms with Gasteiger partial charge in [-0.25, -0.2) is 4.98 Å². The molecule has 0 bridgehead atoms. The van der Waals surface area contributed by atoms with Crippen LogP contribution in [-0.2, 0) is 9.53 Å². The Labute approximate surface area is 173 Å². The number of carbonyl (C=O) groups excluding carboxylic acids is 1. The zero-order valence-corrected chi connectivity index (χ0v) is 17.0. The Morgan fingerprint density at radius 3 is 2.72 bits per heavy atom. The number of benzene rings is 1. The minimum absolute atomic E-state index is 0.0219. The van der Waals surface area contributed by atoms with Crippen LogP contribution in [0.25, 0.3) is 17.3 Å². The molecule has 0 unspecified atom stereocenters. The van der Waals surface area contributed by atoms with Gasteiger partial charge in [0, 0.05) is 11.5 Å². The molecule has 2 heterocycles. The third-order valence-electron chi connectivity index (χ3n) is 7.40. The highest BCUT2D eigenvalue weighted by Gasteiger charge is 2.53. The van der Waals surface area contributed by atoms with Crippen LogP contribution in [-0.4, -0.2) is 17.1 Å². The average molecular weight is 388 g/mol. The number of carbonyl (C=O) groups is 1. The van der Waals surface area contributed by atoms with Crippen LogP contribution in [0.2, 0.25) is 0 Å². The second kappa shape index (κ2) is 7.78. The van der Waals surface area contributed by atoms with Crippen LogP contribution in [0.4, 0.5) is 0 Å². The number of fused-ring (bicyclic) bond motifs is 2. The Bertz CT molecular complexity index is 906. The van der Waals surface area contributed by atoms with Crippen molar-refractivity contribution in [2.45, 2.75) is 45.1 Å². The van der Waals surface area contributed by atoms with Crippen molar-refractivity contribution in [3.8, 4) is 11.3 Å². The Balaban J connectivity index is 1.44. The molecular formula is C26H29NO2. The van der Waals surface area contributed by atoms with E-state index in [0.29, 0.717) is 23.7 Å². The fourth-order valence-electron chi connectivity index (χ4n) is 6.11. The maximum atomic E-state index is 12.5. The van der Waals surface area contributed by atoms with Gasteiger partial charge in [0.15, 0.2) is 0 Å². The molecule has 3 fully saturated rings. The monoisotopic (exact) mass is 387 g/mol. The number of rotatable bonds is 3. The molecule has 0 spiro atoms. The van der Waals surface area contributed by atoms with E-state index in [1.807, 2.05) is 18.2 Å². The lowest BCUT2D eigenvalue weighted by Crippen LogP contribution is -2.42. The zero-order valence-electron chi connectivity index (χ0n) is 17.0. The van der Waals surface area contributed by atoms with Crippen molar-refractivity contribution >= 4 is 12.0 Å². The van der Waals surface area contributed by atoms with Crippen LogP contribution in [0.3, 0.4) is 0 Å². The topological polar surface area (TPSA) is 39.2 Å². The fourth-order valence-corrected chi connectivity index (χ4v) is 6.11. The van der Waals surface area contributed by atoms with E-state index in [4.69, 9.17) is 9.72 Å². The number of allylic oxidation sites excluding steroid dienone is 1. The molecule has 5 rings (SSSR count). The van der Waals surface area contributed by atoms with Crippen molar-refractivity contribution in [2.24, 2.45) is 29.6 Å². The molecule has 0 amide bonds. The van der Waals surface area contributed by atoms with Crippen molar-refractivity contribution < 1.29 is 9.53 Å². The summed E-state index contributed by atoms with van der Waals surface area (Å²) >= 11 is 0. The predicted octanol–water partition coefficient (Wildman–Crippen LogP) is 5.77. The van der Waals surface area contributed by atoms with Gasteiger partial charge in [-0.2, -0.15) is 0 Å². The molecule has 1 aromatic heterocycles. The number of esters is 1. The van der Waals surface area contributed by atoms with Gasteiger partial charge in [0.25, 0.3) is 0 Å². The smallest absolute Gasteiger partial charge is 0.309 e. The number of nitrogens with zero attached hydrogens (tertiary/aromatic N) is 1. The van der Waals surface area contributed by atoms with Gasteiger partial charge in [0.05, 0.1) is 17.3 Å². The van der Waals surface area contributed by atoms with Crippen molar-refractivity contribution in [1.29, 1.82) is 0 Å². The van der Waals surface area contributed by atoms with E-state index in [2.05, 4.69) is 49.4 Å². The van der Waals surface area contributed by atoms with E-state index in [1.54, 1.807) is 0 Å². The number of aromatic nitrogens is 1. The van der Waals surface area contributed by atoms with Crippen LogP contribution in [0.5, 0.6) is 0 Å². The van der Waals surface area contributed by atoms with Gasteiger partial charge in [-0.3, -0.25) is 4.79 Å². The number of pyridine rings is 1. The van der Waals surface area contributed by atoms with Crippen molar-refractivity contribution in [1.82, 2.24) is 4.98 Å². The average Bonchev–Trinajstić information content (AvgIpc) is 3.05. The van der Waals surface area contributed by atoms with Gasteiger partial charge in [-0.1, -0.05) is 61.7 Å². The summed E-state index contributed by atoms with van der Waals surface area (Å²) < 4.78 is 5.69. The molecule has 3 heteroatoms. The molecule has 150 valence electrons. The van der Waals surface area contributed by atoms with E-state index >= 15 is 0 Å². The third-order valence-corrected chi connectivity index (χ3v) is 7.40. The molecule has 2 aromatic rings. The molecule has 2 saturated carbocycles. The second-order valence-corrected chi connectivity index (χ2v) is 9.02. The number of hydrogen-bond acceptors (Lipinski definition) is 3. The first kappa shape index (κ1) is 18.6. The zero-order chi connectivity index (χ0) is 19.8. The second-order valence-electron chi connectivity index (χ2n) is 9.02. The summed E-state index contributed by atoms with van der Waals surface area (Å²) in [4.78, 5) is 17.3. The van der Waals surface area contributed by atoms with Gasteiger partial charge < -0.3 is 4.74 Å². The first-order valence-electron chi connectivity index (χ1n) is 11.1. The molecule has 2 aliphatic carbocycles. The summed E-state index contributed by atoms with van der Waals surface area (Å²) in [5.74, 6) is 2.19. The quantitative estimate of drug-likeness (QED) is 0.628. The van der Waals surface area contributed by atoms with E-state index in [1.165, 1.54) is 25.7 Å². The summed E-state index contributed by atoms with van der Waals surface area (Å²) in [6, 6.07) is 16.5. The lowest BCUT2D eigenvalue weighted by molar-refractivity contribution is -0.144. The molecule has 1 aromatic carbocycles. The normalized spacial score (nSPS) is 33.9. The minimum Gasteiger partial charge on any atom is -0.462 e. The molecule has 3 nitrogen and oxygen atoms in total. The first-order valence-corrected chi connectivity index (χ1v) is 11.1. The third kappa shape index (κ3) is 3.52. The summed E-state index contributed by atoms with van der Waals surface area (Å²) in [5, 5.41) is 0. The van der Waals surface area contributed by atoms with Crippen molar-refractivity contribution in [3.63, 3.8) is 0 Å². The van der Waals surface area contributed by atoms with Crippen LogP contribution >= 0.6 is 0 Å². The molecule has 0 radical (unpaired) electrons. The Morgan fingerprint density at radius 1 is 1.03 bits per heavy atom. The highest BCUT2D eigenvalue weighted by atomic mass is 16.6. The Kier molecular flexibility index (Phi) is 4.99. The predicted molar refractivity (Wildman–Crippen MR) is 115 cm³/mol. The standard InChI is InChI=1S/C26H29NO2/c1-17-25-22(21-12-6-5-10-19(21)16-23(25)26(28)29-17)15-14-20-11-7-13-24(27-20)18-8-3-2-4-9-18/h2-4,7-9,11,13-15,17,19,21-23,25H,5-6,10,12,16H2,1H3/b15-14+/t17-,19+,21-,22+,23-,25+/m1/s1. The summed E-state index contributed by atoms with van der Waals surface area (Å²) in [6.07, 6.45) is 10.8. The number of cyclic esters (lactones) is 1. The van der Waals surface area contributed by atoms with E-state index in [0.717, 1.165) is 23.4 Å². The highest BCUT2D eigenvalue weighted by Crippen LogP contribution is 2.53. The van der Waals surface area contributed by atoms with Crippen LogP contribution < -0.4 is 0 Å². The van der Waals surface area contributed by atoms with Crippen molar-refractivity contribution in [2.75, 3.05) is 0 Å². The van der Waals surface area contributed by atoms with E-state index < -0.39 is 0 Å². The largest absolute Gasteiger partial charge is 0.462 e. The Morgan fingerprint density at radius 2 is 1.86 bits per heavy atom. The summed E-state index contributed by atoms with van der Waals surface area (Å²) in [7, 11) is 0. The van der Waals surface area contributed by atoms with E-state index in [9.17, 15) is 4.79 Å². The number of hydrogen-bond donors (Lipinski definition) is 0. The maximum absolute atomic E-state index is 12.5. The van der Waals surface area contributed by atoms with Crippen LogP contribution in [0.1, 0.15) is 44.7 Å². The first-order chi connectivity index (χ1) is 14.2. The molecule has 1 saturated heterocycles. The van der Waals surface area contributed by atoms with Gasteiger partial charge in [-0.15, -0.1) is 0 Å². The van der Waals surface area contributed by atoms with Crippen LogP contribution in [0.15, 0.2) is 54.6 Å². The van der Waals surface area contributed by atoms with Gasteiger partial charge in [-0.05, 0) is 55.7 Å². The molecular weight excluding hydrogens is 358 g/mol. The maximum Gasteiger partial charge on any atom is 0.309 e. The van der Waals surface area contributed by atoms with Crippen molar-refractivity contribution in [3.05, 3.63) is 60.3 Å². The lowest BCUT2D eigenvalue weighted by Gasteiger charge is -2.45. The molecule has 3 aliphatic rings. The molecule has 29 heavy (non-hydrogen) atoms.